The smallest absolute Gasteiger partial charge is 0.126 e. The molecule has 0 amide bonds. The summed E-state index contributed by atoms with van der Waals surface area (Å²) in [6, 6.07) is 12.0. The Balaban J connectivity index is 2.31. The van der Waals surface area contributed by atoms with Crippen LogP contribution in [0.1, 0.15) is 38.8 Å². The van der Waals surface area contributed by atoms with Crippen LogP contribution >= 0.6 is 0 Å². The summed E-state index contributed by atoms with van der Waals surface area (Å²) in [5, 5.41) is 0. The van der Waals surface area contributed by atoms with E-state index < -0.39 is 0 Å². The maximum atomic E-state index is 5.81. The zero-order chi connectivity index (χ0) is 18.1. The van der Waals surface area contributed by atoms with Gasteiger partial charge in [-0.2, -0.15) is 0 Å². The molecule has 0 saturated carbocycles. The van der Waals surface area contributed by atoms with Crippen LogP contribution in [0.5, 0.6) is 23.0 Å². The lowest BCUT2D eigenvalue weighted by molar-refractivity contribution is 0.318. The molecule has 136 valence electrons. The molecule has 0 fully saturated rings. The van der Waals surface area contributed by atoms with Gasteiger partial charge in [0.1, 0.15) is 23.0 Å². The normalized spacial score (nSPS) is 10.4. The third kappa shape index (κ3) is 5.31. The minimum absolute atomic E-state index is 0.615. The van der Waals surface area contributed by atoms with Crippen molar-refractivity contribution >= 4 is 0 Å². The molecular weight excluding hydrogens is 316 g/mol. The summed E-state index contributed by atoms with van der Waals surface area (Å²) < 4.78 is 22.8. The third-order valence-corrected chi connectivity index (χ3v) is 3.68. The molecule has 0 aromatic heterocycles. The van der Waals surface area contributed by atoms with Gasteiger partial charge in [-0.3, -0.25) is 0 Å². The SMILES string of the molecule is CCOc1ccc(Cc2ccc(OCC)cc2OCC)c(OCC)c1. The lowest BCUT2D eigenvalue weighted by Crippen LogP contribution is -2.02. The number of benzene rings is 2. The first-order valence-electron chi connectivity index (χ1n) is 8.98. The lowest BCUT2D eigenvalue weighted by Gasteiger charge is -2.16. The first-order valence-corrected chi connectivity index (χ1v) is 8.98. The Labute approximate surface area is 150 Å². The van der Waals surface area contributed by atoms with Gasteiger partial charge in [0.15, 0.2) is 0 Å². The van der Waals surface area contributed by atoms with E-state index in [9.17, 15) is 0 Å². The van der Waals surface area contributed by atoms with Crippen molar-refractivity contribution < 1.29 is 18.9 Å². The molecule has 0 aliphatic rings. The molecule has 2 aromatic carbocycles. The first-order chi connectivity index (χ1) is 12.2. The Morgan fingerprint density at radius 1 is 0.560 bits per heavy atom. The van der Waals surface area contributed by atoms with Crippen molar-refractivity contribution in [2.45, 2.75) is 34.1 Å². The fraction of sp³-hybridized carbons (Fsp3) is 0.429. The molecule has 4 heteroatoms. The molecule has 0 aliphatic heterocycles. The Hall–Kier alpha value is -2.36. The van der Waals surface area contributed by atoms with Gasteiger partial charge in [-0.1, -0.05) is 12.1 Å². The third-order valence-electron chi connectivity index (χ3n) is 3.68. The monoisotopic (exact) mass is 344 g/mol. The van der Waals surface area contributed by atoms with Crippen LogP contribution in [0.15, 0.2) is 36.4 Å². The molecule has 0 spiro atoms. The summed E-state index contributed by atoms with van der Waals surface area (Å²) in [5.41, 5.74) is 2.21. The van der Waals surface area contributed by atoms with E-state index >= 15 is 0 Å². The van der Waals surface area contributed by atoms with Gasteiger partial charge >= 0.3 is 0 Å². The highest BCUT2D eigenvalue weighted by Crippen LogP contribution is 2.32. The predicted molar refractivity (Wildman–Crippen MR) is 100 cm³/mol. The molecular formula is C21H28O4. The van der Waals surface area contributed by atoms with E-state index in [0.29, 0.717) is 26.4 Å². The van der Waals surface area contributed by atoms with Gasteiger partial charge in [0.25, 0.3) is 0 Å². The second-order valence-electron chi connectivity index (χ2n) is 5.45. The zero-order valence-corrected chi connectivity index (χ0v) is 15.6. The van der Waals surface area contributed by atoms with Gasteiger partial charge in [-0.15, -0.1) is 0 Å². The van der Waals surface area contributed by atoms with Crippen molar-refractivity contribution in [3.05, 3.63) is 47.5 Å². The van der Waals surface area contributed by atoms with E-state index in [1.807, 2.05) is 52.0 Å². The lowest BCUT2D eigenvalue weighted by atomic mass is 10.0. The van der Waals surface area contributed by atoms with E-state index in [1.54, 1.807) is 0 Å². The van der Waals surface area contributed by atoms with Gasteiger partial charge < -0.3 is 18.9 Å². The number of hydrogen-bond donors (Lipinski definition) is 0. The van der Waals surface area contributed by atoms with E-state index in [1.165, 1.54) is 0 Å². The van der Waals surface area contributed by atoms with E-state index in [4.69, 9.17) is 18.9 Å². The molecule has 0 heterocycles. The summed E-state index contributed by atoms with van der Waals surface area (Å²) in [4.78, 5) is 0. The fourth-order valence-corrected chi connectivity index (χ4v) is 2.66. The maximum Gasteiger partial charge on any atom is 0.126 e. The average Bonchev–Trinajstić information content (AvgIpc) is 2.60. The van der Waals surface area contributed by atoms with E-state index in [-0.39, 0.29) is 0 Å². The van der Waals surface area contributed by atoms with Crippen molar-refractivity contribution in [2.24, 2.45) is 0 Å². The van der Waals surface area contributed by atoms with Crippen molar-refractivity contribution in [1.82, 2.24) is 0 Å². The average molecular weight is 344 g/mol. The molecule has 0 radical (unpaired) electrons. The van der Waals surface area contributed by atoms with Crippen LogP contribution in [0, 0.1) is 0 Å². The number of ether oxygens (including phenoxy) is 4. The maximum absolute atomic E-state index is 5.81. The molecule has 0 unspecified atom stereocenters. The summed E-state index contributed by atoms with van der Waals surface area (Å²) in [5.74, 6) is 3.35. The quantitative estimate of drug-likeness (QED) is 0.616. The Bertz CT molecular complexity index is 609. The van der Waals surface area contributed by atoms with E-state index in [2.05, 4.69) is 12.1 Å². The molecule has 0 atom stereocenters. The molecule has 2 aromatic rings. The van der Waals surface area contributed by atoms with Crippen molar-refractivity contribution in [3.63, 3.8) is 0 Å². The van der Waals surface area contributed by atoms with Crippen LogP contribution in [0.3, 0.4) is 0 Å². The van der Waals surface area contributed by atoms with Crippen LogP contribution < -0.4 is 18.9 Å². The predicted octanol–water partition coefficient (Wildman–Crippen LogP) is 4.87. The Morgan fingerprint density at radius 2 is 0.960 bits per heavy atom. The van der Waals surface area contributed by atoms with Gasteiger partial charge in [0.05, 0.1) is 26.4 Å². The number of rotatable bonds is 10. The van der Waals surface area contributed by atoms with Crippen molar-refractivity contribution in [1.29, 1.82) is 0 Å². The topological polar surface area (TPSA) is 36.9 Å². The van der Waals surface area contributed by atoms with Crippen molar-refractivity contribution in [3.8, 4) is 23.0 Å². The minimum atomic E-state index is 0.615. The summed E-state index contributed by atoms with van der Waals surface area (Å²) in [7, 11) is 0. The second-order valence-corrected chi connectivity index (χ2v) is 5.45. The standard InChI is InChI=1S/C21H28O4/c1-5-22-18-11-9-16(20(14-18)24-7-3)13-17-10-12-19(23-6-2)15-21(17)25-8-4/h9-12,14-15H,5-8,13H2,1-4H3. The molecule has 0 N–H and O–H groups in total. The second kappa shape index (κ2) is 9.82. The van der Waals surface area contributed by atoms with Gasteiger partial charge in [-0.05, 0) is 51.0 Å². The largest absolute Gasteiger partial charge is 0.494 e. The van der Waals surface area contributed by atoms with Crippen LogP contribution in [-0.2, 0) is 6.42 Å². The Kier molecular flexibility index (Phi) is 7.45. The zero-order valence-electron chi connectivity index (χ0n) is 15.6. The van der Waals surface area contributed by atoms with E-state index in [0.717, 1.165) is 40.5 Å². The van der Waals surface area contributed by atoms with Gasteiger partial charge in [0, 0.05) is 18.6 Å². The molecule has 0 saturated heterocycles. The minimum Gasteiger partial charge on any atom is -0.494 e. The van der Waals surface area contributed by atoms with Crippen molar-refractivity contribution in [2.75, 3.05) is 26.4 Å². The van der Waals surface area contributed by atoms with Crippen LogP contribution in [0.4, 0.5) is 0 Å². The van der Waals surface area contributed by atoms with Crippen LogP contribution in [0.25, 0.3) is 0 Å². The summed E-state index contributed by atoms with van der Waals surface area (Å²) >= 11 is 0. The highest BCUT2D eigenvalue weighted by atomic mass is 16.5. The fourth-order valence-electron chi connectivity index (χ4n) is 2.66. The highest BCUT2D eigenvalue weighted by Gasteiger charge is 2.12. The highest BCUT2D eigenvalue weighted by molar-refractivity contribution is 5.48. The molecule has 25 heavy (non-hydrogen) atoms. The van der Waals surface area contributed by atoms with Gasteiger partial charge in [-0.25, -0.2) is 0 Å². The molecule has 0 aliphatic carbocycles. The first kappa shape index (κ1) is 19.0. The summed E-state index contributed by atoms with van der Waals surface area (Å²) in [6.07, 6.45) is 0.726. The summed E-state index contributed by atoms with van der Waals surface area (Å²) in [6.45, 7) is 10.4. The Morgan fingerprint density at radius 3 is 1.32 bits per heavy atom. The molecule has 4 nitrogen and oxygen atoms in total. The van der Waals surface area contributed by atoms with Crippen LogP contribution in [-0.4, -0.2) is 26.4 Å². The number of hydrogen-bond acceptors (Lipinski definition) is 4. The molecule has 0 bridgehead atoms. The van der Waals surface area contributed by atoms with Crippen LogP contribution in [0.2, 0.25) is 0 Å². The van der Waals surface area contributed by atoms with Gasteiger partial charge in [0.2, 0.25) is 0 Å². The molecule has 2 rings (SSSR count).